The molecule has 0 aliphatic carbocycles. The molecule has 6 heteroatoms. The third-order valence-electron chi connectivity index (χ3n) is 1.03. The molecule has 0 aliphatic rings. The molecule has 0 saturated carbocycles. The third kappa shape index (κ3) is 17.1. The molecule has 0 amide bonds. The predicted molar refractivity (Wildman–Crippen MR) is 33.7 cm³/mol. The zero-order valence-electron chi connectivity index (χ0n) is 7.54. The molecule has 0 spiro atoms. The average molecular weight is 192 g/mol. The number of hydrogen-bond acceptors (Lipinski definition) is 2. The van der Waals surface area contributed by atoms with E-state index in [1.54, 1.807) is 0 Å². The Kier molecular flexibility index (Phi) is 18.6. The number of aliphatic carboxylic acids is 2. The summed E-state index contributed by atoms with van der Waals surface area (Å²) in [4.78, 5) is 19.8. The number of carboxylic acids is 2. The van der Waals surface area contributed by atoms with Crippen LogP contribution in [0.25, 0.3) is 0 Å². The van der Waals surface area contributed by atoms with Crippen LogP contribution >= 0.6 is 0 Å². The van der Waals surface area contributed by atoms with Crippen LogP contribution < -0.4 is 59.1 Å². The fourth-order valence-electron chi connectivity index (χ4n) is 0.552. The third-order valence-corrected chi connectivity index (χ3v) is 1.03. The van der Waals surface area contributed by atoms with Crippen molar-refractivity contribution in [2.75, 3.05) is 0 Å². The molecule has 0 aliphatic heterocycles. The Bertz CT molecular complexity index is 122. The Morgan fingerprint density at radius 2 is 1.08 bits per heavy atom. The second-order valence-corrected chi connectivity index (χ2v) is 1.99. The van der Waals surface area contributed by atoms with Crippen molar-refractivity contribution in [1.29, 1.82) is 0 Å². The van der Waals surface area contributed by atoms with Gasteiger partial charge < -0.3 is 10.2 Å². The van der Waals surface area contributed by atoms with Crippen molar-refractivity contribution < 1.29 is 78.9 Å². The van der Waals surface area contributed by atoms with Crippen molar-refractivity contribution in [1.82, 2.24) is 0 Å². The zero-order valence-corrected chi connectivity index (χ0v) is 11.5. The molecule has 0 fully saturated rings. The number of unbranched alkanes of at least 4 members (excludes halogenated alkanes) is 1. The van der Waals surface area contributed by atoms with Gasteiger partial charge in [-0.3, -0.25) is 9.59 Å². The summed E-state index contributed by atoms with van der Waals surface area (Å²) < 4.78 is 0. The minimum absolute atomic E-state index is 0. The van der Waals surface area contributed by atoms with E-state index >= 15 is 0 Å². The molecule has 58 valence electrons. The van der Waals surface area contributed by atoms with Gasteiger partial charge in [-0.15, -0.1) is 0 Å². The van der Waals surface area contributed by atoms with Crippen molar-refractivity contribution in [2.24, 2.45) is 0 Å². The first-order valence-electron chi connectivity index (χ1n) is 3.06. The Balaban J connectivity index is -0.000000405. The Morgan fingerprint density at radius 1 is 0.833 bits per heavy atom. The van der Waals surface area contributed by atoms with E-state index in [9.17, 15) is 9.59 Å². The predicted octanol–water partition coefficient (Wildman–Crippen LogP) is -5.28. The standard InChI is InChI=1S/C6H10O4.2Na/c7-5(8)3-1-2-4-6(9)10;;/h1-4H2,(H,7,8)(H,9,10);;/q;2*+1. The average Bonchev–Trinajstić information content (AvgIpc) is 1.79. The summed E-state index contributed by atoms with van der Waals surface area (Å²) in [6, 6.07) is 0. The van der Waals surface area contributed by atoms with E-state index in [4.69, 9.17) is 10.2 Å². The van der Waals surface area contributed by atoms with Gasteiger partial charge in [0, 0.05) is 12.8 Å². The minimum Gasteiger partial charge on any atom is -0.481 e. The van der Waals surface area contributed by atoms with Crippen LogP contribution in [0, 0.1) is 0 Å². The van der Waals surface area contributed by atoms with Gasteiger partial charge >= 0.3 is 71.1 Å². The van der Waals surface area contributed by atoms with Crippen molar-refractivity contribution in [2.45, 2.75) is 25.7 Å². The van der Waals surface area contributed by atoms with E-state index in [2.05, 4.69) is 0 Å². The van der Waals surface area contributed by atoms with Gasteiger partial charge in [0.15, 0.2) is 0 Å². The fourth-order valence-corrected chi connectivity index (χ4v) is 0.552. The van der Waals surface area contributed by atoms with Crippen molar-refractivity contribution >= 4 is 11.9 Å². The topological polar surface area (TPSA) is 74.6 Å². The van der Waals surface area contributed by atoms with E-state index in [0.717, 1.165) is 0 Å². The van der Waals surface area contributed by atoms with E-state index in [1.807, 2.05) is 0 Å². The summed E-state index contributed by atoms with van der Waals surface area (Å²) in [5.41, 5.74) is 0. The van der Waals surface area contributed by atoms with Gasteiger partial charge in [0.1, 0.15) is 0 Å². The molecule has 0 aromatic heterocycles. The molecule has 0 aromatic rings. The second kappa shape index (κ2) is 11.9. The SMILES string of the molecule is O=C(O)CCCCC(=O)O.[Na+].[Na+]. The number of rotatable bonds is 5. The zero-order chi connectivity index (χ0) is 7.98. The molecule has 0 bridgehead atoms. The van der Waals surface area contributed by atoms with Crippen molar-refractivity contribution in [3.63, 3.8) is 0 Å². The van der Waals surface area contributed by atoms with Gasteiger partial charge in [0.05, 0.1) is 0 Å². The molecule has 0 rings (SSSR count). The molecular weight excluding hydrogens is 182 g/mol. The number of carbonyl (C=O) groups is 2. The quantitative estimate of drug-likeness (QED) is 0.337. The first-order valence-corrected chi connectivity index (χ1v) is 3.06. The summed E-state index contributed by atoms with van der Waals surface area (Å²) in [6.07, 6.45) is 1.02. The van der Waals surface area contributed by atoms with Crippen LogP contribution in [-0.2, 0) is 9.59 Å². The molecule has 2 N–H and O–H groups in total. The molecule has 4 nitrogen and oxygen atoms in total. The van der Waals surface area contributed by atoms with Gasteiger partial charge in [-0.05, 0) is 12.8 Å². The Morgan fingerprint density at radius 3 is 1.25 bits per heavy atom. The fraction of sp³-hybridized carbons (Fsp3) is 0.667. The molecule has 0 aromatic carbocycles. The van der Waals surface area contributed by atoms with Crippen LogP contribution in [0.5, 0.6) is 0 Å². The van der Waals surface area contributed by atoms with Crippen molar-refractivity contribution in [3.8, 4) is 0 Å². The van der Waals surface area contributed by atoms with Gasteiger partial charge in [-0.2, -0.15) is 0 Å². The van der Waals surface area contributed by atoms with Crippen molar-refractivity contribution in [3.05, 3.63) is 0 Å². The number of hydrogen-bond donors (Lipinski definition) is 2. The molecule has 0 atom stereocenters. The summed E-state index contributed by atoms with van der Waals surface area (Å²) in [7, 11) is 0. The van der Waals surface area contributed by atoms with Crippen LogP contribution in [0.1, 0.15) is 25.7 Å². The second-order valence-electron chi connectivity index (χ2n) is 1.99. The summed E-state index contributed by atoms with van der Waals surface area (Å²) in [5, 5.41) is 16.3. The Hall–Kier alpha value is 0.940. The van der Waals surface area contributed by atoms with Gasteiger partial charge in [-0.25, -0.2) is 0 Å². The minimum atomic E-state index is -0.870. The first-order chi connectivity index (χ1) is 4.63. The normalized spacial score (nSPS) is 7.67. The van der Waals surface area contributed by atoms with Crippen LogP contribution in [0.15, 0.2) is 0 Å². The van der Waals surface area contributed by atoms with E-state index in [0.29, 0.717) is 12.8 Å². The maximum absolute atomic E-state index is 9.90. The number of carboxylic acid groups (broad SMARTS) is 2. The summed E-state index contributed by atoms with van der Waals surface area (Å²) >= 11 is 0. The smallest absolute Gasteiger partial charge is 0.481 e. The molecule has 0 heterocycles. The van der Waals surface area contributed by atoms with Crippen LogP contribution in [-0.4, -0.2) is 22.2 Å². The van der Waals surface area contributed by atoms with Gasteiger partial charge in [0.2, 0.25) is 0 Å². The molecule has 12 heavy (non-hydrogen) atoms. The monoisotopic (exact) mass is 192 g/mol. The van der Waals surface area contributed by atoms with Crippen LogP contribution in [0.3, 0.4) is 0 Å². The van der Waals surface area contributed by atoms with E-state index in [-0.39, 0.29) is 72.0 Å². The molecule has 0 radical (unpaired) electrons. The van der Waals surface area contributed by atoms with E-state index in [1.165, 1.54) is 0 Å². The van der Waals surface area contributed by atoms with Crippen LogP contribution in [0.2, 0.25) is 0 Å². The van der Waals surface area contributed by atoms with Gasteiger partial charge in [-0.1, -0.05) is 0 Å². The van der Waals surface area contributed by atoms with Crippen LogP contribution in [0.4, 0.5) is 0 Å². The maximum Gasteiger partial charge on any atom is 1.00 e. The van der Waals surface area contributed by atoms with E-state index < -0.39 is 11.9 Å². The molecular formula is C6H10Na2O4+2. The summed E-state index contributed by atoms with van der Waals surface area (Å²) in [6.45, 7) is 0. The maximum atomic E-state index is 9.90. The molecule has 0 saturated heterocycles. The Labute approximate surface area is 115 Å². The molecule has 0 unspecified atom stereocenters. The van der Waals surface area contributed by atoms with Gasteiger partial charge in [0.25, 0.3) is 0 Å². The summed E-state index contributed by atoms with van der Waals surface area (Å²) in [5.74, 6) is -1.74. The first kappa shape index (κ1) is 18.7. The largest absolute Gasteiger partial charge is 1.00 e.